The van der Waals surface area contributed by atoms with E-state index in [0.29, 0.717) is 19.4 Å². The Balaban J connectivity index is 3.28. The SMILES string of the molecule is CCCCCCCCC/C=C/C(O)C(CO)NC(=O)CCCCCCCCCCCCCCCCCCCCCCCCCCCCCCCCCOC(=O)CCCCCCCCCCCCCCCCCCCC. The van der Waals surface area contributed by atoms with Gasteiger partial charge >= 0.3 is 5.97 Å². The highest BCUT2D eigenvalue weighted by Gasteiger charge is 2.18. The lowest BCUT2D eigenvalue weighted by Crippen LogP contribution is -2.45. The molecule has 3 N–H and O–H groups in total. The Hall–Kier alpha value is -1.40. The number of amides is 1. The van der Waals surface area contributed by atoms with Gasteiger partial charge in [-0.3, -0.25) is 9.59 Å². The quantitative estimate of drug-likeness (QED) is 0.0320. The number of aliphatic hydroxyl groups is 2. The Morgan fingerprint density at radius 1 is 0.360 bits per heavy atom. The summed E-state index contributed by atoms with van der Waals surface area (Å²) in [6.07, 6.45) is 80.3. The maximum absolute atomic E-state index is 12.4. The van der Waals surface area contributed by atoms with Crippen molar-refractivity contribution in [2.45, 2.75) is 405 Å². The van der Waals surface area contributed by atoms with Gasteiger partial charge < -0.3 is 20.3 Å². The topological polar surface area (TPSA) is 95.9 Å². The van der Waals surface area contributed by atoms with Gasteiger partial charge in [-0.05, 0) is 32.1 Å². The fourth-order valence-corrected chi connectivity index (χ4v) is 11.1. The smallest absolute Gasteiger partial charge is 0.305 e. The Bertz CT molecular complexity index is 1130. The number of aliphatic hydroxyl groups excluding tert-OH is 2. The Morgan fingerprint density at radius 3 is 0.907 bits per heavy atom. The molecule has 0 rings (SSSR count). The van der Waals surface area contributed by atoms with Crippen LogP contribution in [0.1, 0.15) is 393 Å². The van der Waals surface area contributed by atoms with Crippen LogP contribution in [0.15, 0.2) is 12.2 Å². The molecule has 0 aromatic rings. The van der Waals surface area contributed by atoms with Crippen LogP contribution >= 0.6 is 0 Å². The minimum absolute atomic E-state index is 0.0255. The lowest BCUT2D eigenvalue weighted by molar-refractivity contribution is -0.143. The van der Waals surface area contributed by atoms with Crippen molar-refractivity contribution in [2.24, 2.45) is 0 Å². The molecule has 0 bridgehead atoms. The van der Waals surface area contributed by atoms with Crippen LogP contribution in [0.25, 0.3) is 0 Å². The molecule has 0 aliphatic rings. The standard InChI is InChI=1S/C69H135NO5/c1-3-5-7-9-11-13-14-15-16-17-34-37-40-43-47-51-55-59-63-69(74)75-64-60-56-52-48-44-41-38-35-32-30-28-26-24-22-20-18-19-21-23-25-27-29-31-33-36-39-42-46-50-54-58-62-68(73)70-66(65-71)67(72)61-57-53-49-45-12-10-8-6-4-2/h57,61,66-67,71-72H,3-56,58-60,62-65H2,1-2H3,(H,70,73)/b61-57+. The van der Waals surface area contributed by atoms with Crippen molar-refractivity contribution in [1.82, 2.24) is 5.32 Å². The van der Waals surface area contributed by atoms with Crippen LogP contribution in [0.4, 0.5) is 0 Å². The highest BCUT2D eigenvalue weighted by molar-refractivity contribution is 5.76. The number of nitrogens with one attached hydrogen (secondary N) is 1. The highest BCUT2D eigenvalue weighted by atomic mass is 16.5. The zero-order valence-corrected chi connectivity index (χ0v) is 51.1. The summed E-state index contributed by atoms with van der Waals surface area (Å²) in [6.45, 7) is 4.92. The van der Waals surface area contributed by atoms with E-state index in [9.17, 15) is 19.8 Å². The molecule has 6 nitrogen and oxygen atoms in total. The van der Waals surface area contributed by atoms with E-state index < -0.39 is 12.1 Å². The summed E-state index contributed by atoms with van der Waals surface area (Å²) in [4.78, 5) is 24.5. The van der Waals surface area contributed by atoms with Crippen molar-refractivity contribution in [1.29, 1.82) is 0 Å². The number of ether oxygens (including phenoxy) is 1. The summed E-state index contributed by atoms with van der Waals surface area (Å²) in [7, 11) is 0. The summed E-state index contributed by atoms with van der Waals surface area (Å²) >= 11 is 0. The first-order valence-corrected chi connectivity index (χ1v) is 34.5. The molecule has 0 aromatic carbocycles. The van der Waals surface area contributed by atoms with Crippen molar-refractivity contribution in [3.8, 4) is 0 Å². The second-order valence-electron chi connectivity index (χ2n) is 23.9. The summed E-state index contributed by atoms with van der Waals surface area (Å²) in [5.41, 5.74) is 0. The number of allylic oxidation sites excluding steroid dienone is 1. The van der Waals surface area contributed by atoms with Crippen LogP contribution in [-0.4, -0.2) is 47.4 Å². The predicted molar refractivity (Wildman–Crippen MR) is 329 cm³/mol. The molecule has 0 saturated carbocycles. The van der Waals surface area contributed by atoms with Crippen LogP contribution in [-0.2, 0) is 14.3 Å². The zero-order chi connectivity index (χ0) is 54.3. The van der Waals surface area contributed by atoms with E-state index in [1.807, 2.05) is 6.08 Å². The number of hydrogen-bond acceptors (Lipinski definition) is 5. The third-order valence-corrected chi connectivity index (χ3v) is 16.3. The second-order valence-corrected chi connectivity index (χ2v) is 23.9. The fourth-order valence-electron chi connectivity index (χ4n) is 11.1. The Labute approximate surface area is 469 Å². The number of rotatable bonds is 65. The number of carbonyl (C=O) groups excluding carboxylic acids is 2. The van der Waals surface area contributed by atoms with Crippen LogP contribution in [0.3, 0.4) is 0 Å². The average Bonchev–Trinajstić information content (AvgIpc) is 3.41. The number of carbonyl (C=O) groups is 2. The molecule has 6 heteroatoms. The monoisotopic (exact) mass is 1060 g/mol. The fraction of sp³-hybridized carbons (Fsp3) is 0.942. The first kappa shape index (κ1) is 73.6. The van der Waals surface area contributed by atoms with Crippen molar-refractivity contribution >= 4 is 11.9 Å². The average molecular weight is 1060 g/mol. The summed E-state index contributed by atoms with van der Waals surface area (Å²) in [5, 5.41) is 23.0. The van der Waals surface area contributed by atoms with E-state index in [1.54, 1.807) is 6.08 Å². The molecule has 0 aliphatic heterocycles. The Kier molecular flexibility index (Phi) is 63.9. The molecule has 0 aromatic heterocycles. The molecule has 0 radical (unpaired) electrons. The summed E-state index contributed by atoms with van der Waals surface area (Å²) in [6, 6.07) is -0.621. The normalized spacial score (nSPS) is 12.5. The lowest BCUT2D eigenvalue weighted by Gasteiger charge is -2.20. The van der Waals surface area contributed by atoms with Gasteiger partial charge in [0, 0.05) is 12.8 Å². The first-order valence-electron chi connectivity index (χ1n) is 34.5. The van der Waals surface area contributed by atoms with Crippen LogP contribution in [0.2, 0.25) is 0 Å². The summed E-state index contributed by atoms with van der Waals surface area (Å²) in [5.74, 6) is -0.0391. The molecule has 2 atom stereocenters. The minimum Gasteiger partial charge on any atom is -0.466 e. The van der Waals surface area contributed by atoms with Gasteiger partial charge in [-0.25, -0.2) is 0 Å². The summed E-state index contributed by atoms with van der Waals surface area (Å²) < 4.78 is 5.51. The first-order chi connectivity index (χ1) is 37.0. The van der Waals surface area contributed by atoms with Crippen molar-refractivity contribution in [3.05, 3.63) is 12.2 Å². The number of hydrogen-bond donors (Lipinski definition) is 3. The molecule has 446 valence electrons. The van der Waals surface area contributed by atoms with Crippen molar-refractivity contribution in [2.75, 3.05) is 13.2 Å². The molecule has 0 aliphatic carbocycles. The van der Waals surface area contributed by atoms with Gasteiger partial charge in [0.05, 0.1) is 25.4 Å². The highest BCUT2D eigenvalue weighted by Crippen LogP contribution is 2.19. The third kappa shape index (κ3) is 61.7. The van der Waals surface area contributed by atoms with Crippen LogP contribution in [0.5, 0.6) is 0 Å². The van der Waals surface area contributed by atoms with Crippen molar-refractivity contribution in [3.63, 3.8) is 0 Å². The molecule has 75 heavy (non-hydrogen) atoms. The van der Waals surface area contributed by atoms with Gasteiger partial charge in [0.1, 0.15) is 0 Å². The molecule has 0 fully saturated rings. The van der Waals surface area contributed by atoms with E-state index in [0.717, 1.165) is 38.5 Å². The van der Waals surface area contributed by atoms with E-state index in [4.69, 9.17) is 4.74 Å². The number of unbranched alkanes of at least 4 members (excludes halogenated alkanes) is 54. The van der Waals surface area contributed by atoms with Gasteiger partial charge in [0.2, 0.25) is 5.91 Å². The van der Waals surface area contributed by atoms with E-state index in [-0.39, 0.29) is 18.5 Å². The van der Waals surface area contributed by atoms with E-state index >= 15 is 0 Å². The molecule has 0 saturated heterocycles. The second kappa shape index (κ2) is 65.1. The molecular weight excluding hydrogens is 923 g/mol. The molecule has 0 spiro atoms. The maximum Gasteiger partial charge on any atom is 0.305 e. The maximum atomic E-state index is 12.4. The molecule has 1 amide bonds. The zero-order valence-electron chi connectivity index (χ0n) is 51.1. The van der Waals surface area contributed by atoms with Gasteiger partial charge in [-0.15, -0.1) is 0 Å². The largest absolute Gasteiger partial charge is 0.466 e. The van der Waals surface area contributed by atoms with Gasteiger partial charge in [-0.2, -0.15) is 0 Å². The number of esters is 1. The molecular formula is C69H135NO5. The van der Waals surface area contributed by atoms with Crippen LogP contribution in [0, 0.1) is 0 Å². The predicted octanol–water partition coefficient (Wildman–Crippen LogP) is 22.0. The molecule has 0 heterocycles. The third-order valence-electron chi connectivity index (χ3n) is 16.3. The van der Waals surface area contributed by atoms with Gasteiger partial charge in [0.15, 0.2) is 0 Å². The van der Waals surface area contributed by atoms with Gasteiger partial charge in [-0.1, -0.05) is 360 Å². The Morgan fingerprint density at radius 2 is 0.613 bits per heavy atom. The van der Waals surface area contributed by atoms with Crippen LogP contribution < -0.4 is 5.32 Å². The van der Waals surface area contributed by atoms with E-state index in [1.165, 1.54) is 327 Å². The van der Waals surface area contributed by atoms with Gasteiger partial charge in [0.25, 0.3) is 0 Å². The molecule has 2 unspecified atom stereocenters. The minimum atomic E-state index is -0.838. The lowest BCUT2D eigenvalue weighted by atomic mass is 10.0. The van der Waals surface area contributed by atoms with E-state index in [2.05, 4.69) is 19.2 Å². The van der Waals surface area contributed by atoms with Crippen molar-refractivity contribution < 1.29 is 24.5 Å².